The van der Waals surface area contributed by atoms with Crippen molar-refractivity contribution in [3.63, 3.8) is 0 Å². The minimum absolute atomic E-state index is 0.0674. The molecule has 23 heavy (non-hydrogen) atoms. The van der Waals surface area contributed by atoms with E-state index >= 15 is 0 Å². The molecule has 3 aromatic rings. The first-order chi connectivity index (χ1) is 11.1. The molecule has 1 saturated carbocycles. The maximum absolute atomic E-state index is 11.2. The van der Waals surface area contributed by atoms with Gasteiger partial charge in [-0.15, -0.1) is 0 Å². The number of fused-ring (bicyclic) bond motifs is 3. The quantitative estimate of drug-likeness (QED) is 0.764. The second kappa shape index (κ2) is 5.37. The maximum Gasteiger partial charge on any atom is 0.217 e. The van der Waals surface area contributed by atoms with Gasteiger partial charge < -0.3 is 14.9 Å². The number of carbonyl (C=O) groups is 1. The van der Waals surface area contributed by atoms with Crippen LogP contribution in [0.3, 0.4) is 0 Å². The molecule has 0 bridgehead atoms. The Labute approximate surface area is 134 Å². The summed E-state index contributed by atoms with van der Waals surface area (Å²) in [5.41, 5.74) is 3.04. The Kier molecular flexibility index (Phi) is 3.32. The summed E-state index contributed by atoms with van der Waals surface area (Å²) in [5.74, 6) is 1.11. The molecule has 0 aromatic carbocycles. The average Bonchev–Trinajstić information content (AvgIpc) is 3.10. The lowest BCUT2D eigenvalue weighted by Crippen LogP contribution is -2.36. The van der Waals surface area contributed by atoms with Crippen LogP contribution in [0, 0.1) is 6.92 Å². The number of nitrogens with one attached hydrogen (secondary N) is 2. The van der Waals surface area contributed by atoms with Crippen molar-refractivity contribution in [1.29, 1.82) is 0 Å². The SMILES string of the molecule is CC(=O)NC1CCC(n2c(C)nc3cnc4[nH]ccc4c32)CC1. The lowest BCUT2D eigenvalue weighted by molar-refractivity contribution is -0.119. The summed E-state index contributed by atoms with van der Waals surface area (Å²) < 4.78 is 2.37. The number of hydrogen-bond acceptors (Lipinski definition) is 3. The summed E-state index contributed by atoms with van der Waals surface area (Å²) in [6, 6.07) is 2.82. The van der Waals surface area contributed by atoms with E-state index in [1.165, 1.54) is 5.52 Å². The Morgan fingerprint density at radius 3 is 2.87 bits per heavy atom. The third-order valence-electron chi connectivity index (χ3n) is 4.88. The number of aryl methyl sites for hydroxylation is 1. The van der Waals surface area contributed by atoms with Crippen LogP contribution in [0.25, 0.3) is 22.1 Å². The Hall–Kier alpha value is -2.37. The summed E-state index contributed by atoms with van der Waals surface area (Å²) in [6.45, 7) is 3.66. The fourth-order valence-electron chi connectivity index (χ4n) is 3.92. The molecule has 0 spiro atoms. The zero-order valence-corrected chi connectivity index (χ0v) is 13.5. The minimum Gasteiger partial charge on any atom is -0.354 e. The van der Waals surface area contributed by atoms with Gasteiger partial charge in [-0.25, -0.2) is 9.97 Å². The van der Waals surface area contributed by atoms with Crippen LogP contribution < -0.4 is 5.32 Å². The van der Waals surface area contributed by atoms with Gasteiger partial charge in [0.05, 0.1) is 11.7 Å². The second-order valence-corrected chi connectivity index (χ2v) is 6.47. The molecular formula is C17H21N5O. The van der Waals surface area contributed by atoms with Gasteiger partial charge in [0.1, 0.15) is 17.0 Å². The van der Waals surface area contributed by atoms with Gasteiger partial charge in [-0.3, -0.25) is 4.79 Å². The molecule has 1 amide bonds. The third-order valence-corrected chi connectivity index (χ3v) is 4.88. The van der Waals surface area contributed by atoms with Crippen LogP contribution in [-0.2, 0) is 4.79 Å². The molecular weight excluding hydrogens is 290 g/mol. The minimum atomic E-state index is 0.0674. The van der Waals surface area contributed by atoms with Crippen molar-refractivity contribution in [2.75, 3.05) is 0 Å². The maximum atomic E-state index is 11.2. The lowest BCUT2D eigenvalue weighted by atomic mass is 9.90. The van der Waals surface area contributed by atoms with Gasteiger partial charge in [0.25, 0.3) is 0 Å². The molecule has 4 rings (SSSR count). The van der Waals surface area contributed by atoms with Crippen molar-refractivity contribution in [3.8, 4) is 0 Å². The smallest absolute Gasteiger partial charge is 0.217 e. The first kappa shape index (κ1) is 14.2. The van der Waals surface area contributed by atoms with Crippen molar-refractivity contribution >= 4 is 28.0 Å². The van der Waals surface area contributed by atoms with E-state index < -0.39 is 0 Å². The zero-order valence-electron chi connectivity index (χ0n) is 13.5. The van der Waals surface area contributed by atoms with Crippen LogP contribution in [0.5, 0.6) is 0 Å². The fourth-order valence-corrected chi connectivity index (χ4v) is 3.92. The lowest BCUT2D eigenvalue weighted by Gasteiger charge is -2.30. The molecule has 2 N–H and O–H groups in total. The molecule has 120 valence electrons. The van der Waals surface area contributed by atoms with Crippen LogP contribution in [0.15, 0.2) is 18.5 Å². The van der Waals surface area contributed by atoms with Crippen molar-refractivity contribution in [1.82, 2.24) is 24.8 Å². The van der Waals surface area contributed by atoms with E-state index in [-0.39, 0.29) is 5.91 Å². The molecule has 0 saturated heterocycles. The van der Waals surface area contributed by atoms with Crippen LogP contribution >= 0.6 is 0 Å². The number of imidazole rings is 1. The average molecular weight is 311 g/mol. The van der Waals surface area contributed by atoms with Crippen LogP contribution in [0.1, 0.15) is 44.5 Å². The van der Waals surface area contributed by atoms with Crippen molar-refractivity contribution < 1.29 is 4.79 Å². The highest BCUT2D eigenvalue weighted by molar-refractivity contribution is 6.01. The number of amides is 1. The van der Waals surface area contributed by atoms with Gasteiger partial charge in [-0.1, -0.05) is 0 Å². The van der Waals surface area contributed by atoms with E-state index in [0.717, 1.165) is 48.1 Å². The molecule has 0 atom stereocenters. The number of H-pyrrole nitrogens is 1. The number of aromatic amines is 1. The van der Waals surface area contributed by atoms with Gasteiger partial charge in [-0.05, 0) is 38.7 Å². The monoisotopic (exact) mass is 311 g/mol. The van der Waals surface area contributed by atoms with Crippen LogP contribution in [0.4, 0.5) is 0 Å². The summed E-state index contributed by atoms with van der Waals surface area (Å²) in [6.07, 6.45) is 7.94. The highest BCUT2D eigenvalue weighted by Gasteiger charge is 2.26. The van der Waals surface area contributed by atoms with E-state index in [9.17, 15) is 4.79 Å². The first-order valence-corrected chi connectivity index (χ1v) is 8.21. The van der Waals surface area contributed by atoms with Gasteiger partial charge in [0.2, 0.25) is 5.91 Å². The van der Waals surface area contributed by atoms with Gasteiger partial charge in [0.15, 0.2) is 0 Å². The topological polar surface area (TPSA) is 75.6 Å². The Morgan fingerprint density at radius 1 is 1.35 bits per heavy atom. The molecule has 0 radical (unpaired) electrons. The Balaban J connectivity index is 1.70. The molecule has 0 aliphatic heterocycles. The van der Waals surface area contributed by atoms with E-state index in [1.54, 1.807) is 6.92 Å². The molecule has 3 heterocycles. The number of rotatable bonds is 2. The summed E-state index contributed by atoms with van der Waals surface area (Å²) >= 11 is 0. The number of nitrogens with zero attached hydrogens (tertiary/aromatic N) is 3. The first-order valence-electron chi connectivity index (χ1n) is 8.21. The largest absolute Gasteiger partial charge is 0.354 e. The highest BCUT2D eigenvalue weighted by atomic mass is 16.1. The Morgan fingerprint density at radius 2 is 2.13 bits per heavy atom. The van der Waals surface area contributed by atoms with Crippen molar-refractivity contribution in [3.05, 3.63) is 24.3 Å². The van der Waals surface area contributed by atoms with Crippen LogP contribution in [0.2, 0.25) is 0 Å². The molecule has 1 fully saturated rings. The standard InChI is InChI=1S/C17H21N5O/c1-10-20-15-9-19-17-14(7-8-18-17)16(15)22(10)13-5-3-12(4-6-13)21-11(2)23/h7-9,12-13H,3-6H2,1-2H3,(H,18,19)(H,21,23). The normalized spacial score (nSPS) is 21.8. The van der Waals surface area contributed by atoms with E-state index in [1.807, 2.05) is 12.4 Å². The van der Waals surface area contributed by atoms with Crippen molar-refractivity contribution in [2.24, 2.45) is 0 Å². The zero-order chi connectivity index (χ0) is 16.0. The highest BCUT2D eigenvalue weighted by Crippen LogP contribution is 2.34. The molecule has 3 aromatic heterocycles. The molecule has 1 aliphatic rings. The summed E-state index contributed by atoms with van der Waals surface area (Å²) in [4.78, 5) is 23.5. The Bertz CT molecular complexity index is 870. The number of aromatic nitrogens is 4. The third kappa shape index (κ3) is 2.38. The summed E-state index contributed by atoms with van der Waals surface area (Å²) in [5, 5.41) is 4.18. The van der Waals surface area contributed by atoms with E-state index in [0.29, 0.717) is 12.1 Å². The molecule has 6 nitrogen and oxygen atoms in total. The predicted octanol–water partition coefficient (Wildman–Crippen LogP) is 2.84. The molecule has 1 aliphatic carbocycles. The number of pyridine rings is 1. The van der Waals surface area contributed by atoms with E-state index in [2.05, 4.69) is 32.8 Å². The molecule has 0 unspecified atom stereocenters. The van der Waals surface area contributed by atoms with Gasteiger partial charge in [0, 0.05) is 30.6 Å². The van der Waals surface area contributed by atoms with Crippen LogP contribution in [-0.4, -0.2) is 31.5 Å². The molecule has 6 heteroatoms. The van der Waals surface area contributed by atoms with E-state index in [4.69, 9.17) is 4.98 Å². The van der Waals surface area contributed by atoms with Gasteiger partial charge in [-0.2, -0.15) is 0 Å². The number of hydrogen-bond donors (Lipinski definition) is 2. The van der Waals surface area contributed by atoms with Crippen molar-refractivity contribution in [2.45, 2.75) is 51.6 Å². The number of carbonyl (C=O) groups excluding carboxylic acids is 1. The summed E-state index contributed by atoms with van der Waals surface area (Å²) in [7, 11) is 0. The fraction of sp³-hybridized carbons (Fsp3) is 0.471. The second-order valence-electron chi connectivity index (χ2n) is 6.47. The van der Waals surface area contributed by atoms with Gasteiger partial charge >= 0.3 is 0 Å². The predicted molar refractivity (Wildman–Crippen MR) is 89.2 cm³/mol.